The molecule has 9 N–H and O–H groups in total. The molecule has 12 nitrogen and oxygen atoms in total. The van der Waals surface area contributed by atoms with Gasteiger partial charge in [-0.1, -0.05) is 30.7 Å². The van der Waals surface area contributed by atoms with Gasteiger partial charge in [0.15, 0.2) is 0 Å². The molecule has 1 heterocycles. The summed E-state index contributed by atoms with van der Waals surface area (Å²) in [4.78, 5) is 53.2. The smallest absolute Gasteiger partial charge is 0.326 e. The highest BCUT2D eigenvalue weighted by molar-refractivity contribution is 5.94. The van der Waals surface area contributed by atoms with Crippen molar-refractivity contribution in [2.24, 2.45) is 11.5 Å². The summed E-state index contributed by atoms with van der Waals surface area (Å²) in [6.07, 6.45) is 2.63. The molecule has 4 atom stereocenters. The van der Waals surface area contributed by atoms with Gasteiger partial charge in [0, 0.05) is 19.4 Å². The summed E-state index contributed by atoms with van der Waals surface area (Å²) in [5.74, 6) is -2.78. The number of aliphatic carboxylic acids is 1. The third-order valence-corrected chi connectivity index (χ3v) is 7.13. The average molecular weight is 570 g/mol. The van der Waals surface area contributed by atoms with Crippen LogP contribution in [0.5, 0.6) is 11.5 Å². The van der Waals surface area contributed by atoms with E-state index < -0.39 is 47.9 Å². The second kappa shape index (κ2) is 15.0. The molecular formula is C29H39N5O7. The van der Waals surface area contributed by atoms with E-state index in [1.807, 2.05) is 0 Å². The minimum absolute atomic E-state index is 0.0330. The molecule has 1 fully saturated rings. The lowest BCUT2D eigenvalue weighted by molar-refractivity contribution is -0.149. The van der Waals surface area contributed by atoms with Crippen LogP contribution in [0.1, 0.15) is 43.2 Å². The monoisotopic (exact) mass is 569 g/mol. The van der Waals surface area contributed by atoms with Crippen molar-refractivity contribution in [1.82, 2.24) is 15.5 Å². The lowest BCUT2D eigenvalue weighted by Crippen LogP contribution is -2.58. The number of carboxylic acid groups (broad SMARTS) is 1. The molecule has 1 aliphatic heterocycles. The Morgan fingerprint density at radius 3 is 1.93 bits per heavy atom. The van der Waals surface area contributed by atoms with Crippen LogP contribution in [0.2, 0.25) is 0 Å². The summed E-state index contributed by atoms with van der Waals surface area (Å²) < 4.78 is 0. The number of unbranched alkanes of at least 4 members (excludes halogenated alkanes) is 1. The molecule has 41 heavy (non-hydrogen) atoms. The normalized spacial score (nSPS) is 16.9. The first-order chi connectivity index (χ1) is 19.6. The summed E-state index contributed by atoms with van der Waals surface area (Å²) in [5, 5.41) is 34.4. The fourth-order valence-electron chi connectivity index (χ4n) is 4.82. The number of likely N-dealkylation sites (tertiary alicyclic amines) is 1. The molecule has 1 saturated heterocycles. The molecule has 2 aromatic rings. The number of nitrogens with two attached hydrogens (primary N) is 2. The van der Waals surface area contributed by atoms with E-state index in [0.29, 0.717) is 49.8 Å². The van der Waals surface area contributed by atoms with Gasteiger partial charge in [0.05, 0.1) is 6.04 Å². The molecule has 2 aromatic carbocycles. The highest BCUT2D eigenvalue weighted by Crippen LogP contribution is 2.21. The Labute approximate surface area is 238 Å². The van der Waals surface area contributed by atoms with Crippen molar-refractivity contribution in [3.63, 3.8) is 0 Å². The molecule has 4 unspecified atom stereocenters. The lowest BCUT2D eigenvalue weighted by Gasteiger charge is -2.29. The zero-order valence-corrected chi connectivity index (χ0v) is 22.9. The highest BCUT2D eigenvalue weighted by Gasteiger charge is 2.38. The third kappa shape index (κ3) is 9.19. The number of amides is 3. The zero-order valence-electron chi connectivity index (χ0n) is 22.9. The topological polar surface area (TPSA) is 208 Å². The first kappa shape index (κ1) is 31.4. The van der Waals surface area contributed by atoms with Crippen LogP contribution in [0.25, 0.3) is 0 Å². The van der Waals surface area contributed by atoms with Crippen molar-refractivity contribution < 1.29 is 34.5 Å². The fraction of sp³-hybridized carbons (Fsp3) is 0.448. The number of aromatic hydroxyl groups is 2. The van der Waals surface area contributed by atoms with Crippen LogP contribution in [0, 0.1) is 0 Å². The Kier molecular flexibility index (Phi) is 11.5. The first-order valence-electron chi connectivity index (χ1n) is 13.7. The van der Waals surface area contributed by atoms with E-state index in [0.717, 1.165) is 0 Å². The number of phenols is 2. The number of phenolic OH excluding ortho intramolecular Hbond substituents is 2. The predicted octanol–water partition coefficient (Wildman–Crippen LogP) is 0.385. The summed E-state index contributed by atoms with van der Waals surface area (Å²) >= 11 is 0. The van der Waals surface area contributed by atoms with Crippen LogP contribution in [0.4, 0.5) is 0 Å². The van der Waals surface area contributed by atoms with Crippen molar-refractivity contribution in [2.75, 3.05) is 13.1 Å². The SMILES string of the molecule is NCCCCC(N)C(=O)NC(Cc1ccc(O)cc1)C(=O)NC(Cc1ccc(O)cc1)C(=O)N1CCCC1C(=O)O. The Hall–Kier alpha value is -4.16. The number of hydrogen-bond donors (Lipinski definition) is 7. The number of carboxylic acids is 1. The maximum absolute atomic E-state index is 13.7. The number of nitrogens with zero attached hydrogens (tertiary/aromatic N) is 1. The largest absolute Gasteiger partial charge is 0.508 e. The molecule has 0 aliphatic carbocycles. The number of carbonyl (C=O) groups is 4. The molecule has 1 aliphatic rings. The van der Waals surface area contributed by atoms with Gasteiger partial charge in [-0.3, -0.25) is 14.4 Å². The van der Waals surface area contributed by atoms with Crippen LogP contribution in [-0.4, -0.2) is 81.2 Å². The Balaban J connectivity index is 1.85. The van der Waals surface area contributed by atoms with E-state index >= 15 is 0 Å². The first-order valence-corrected chi connectivity index (χ1v) is 13.7. The van der Waals surface area contributed by atoms with Crippen LogP contribution >= 0.6 is 0 Å². The average Bonchev–Trinajstić information content (AvgIpc) is 3.45. The van der Waals surface area contributed by atoms with Gasteiger partial charge in [-0.25, -0.2) is 4.79 Å². The summed E-state index contributed by atoms with van der Waals surface area (Å²) in [7, 11) is 0. The second-order valence-electron chi connectivity index (χ2n) is 10.3. The van der Waals surface area contributed by atoms with Crippen molar-refractivity contribution in [1.29, 1.82) is 0 Å². The van der Waals surface area contributed by atoms with Crippen LogP contribution in [0.15, 0.2) is 48.5 Å². The molecule has 0 saturated carbocycles. The molecule has 0 aromatic heterocycles. The highest BCUT2D eigenvalue weighted by atomic mass is 16.4. The van der Waals surface area contributed by atoms with Crippen molar-refractivity contribution in [3.8, 4) is 11.5 Å². The number of benzene rings is 2. The zero-order chi connectivity index (χ0) is 29.9. The molecule has 0 spiro atoms. The van der Waals surface area contributed by atoms with Gasteiger partial charge >= 0.3 is 5.97 Å². The molecule has 0 bridgehead atoms. The minimum atomic E-state index is -1.13. The second-order valence-corrected chi connectivity index (χ2v) is 10.3. The van der Waals surface area contributed by atoms with Crippen molar-refractivity contribution in [3.05, 3.63) is 59.7 Å². The summed E-state index contributed by atoms with van der Waals surface area (Å²) in [6, 6.07) is 8.15. The van der Waals surface area contributed by atoms with E-state index in [-0.39, 0.29) is 30.9 Å². The molecule has 222 valence electrons. The summed E-state index contributed by atoms with van der Waals surface area (Å²) in [5.41, 5.74) is 12.9. The number of carbonyl (C=O) groups excluding carboxylic acids is 3. The van der Waals surface area contributed by atoms with Gasteiger partial charge < -0.3 is 42.3 Å². The standard InChI is InChI=1S/C29H39N5O7/c30-14-2-1-4-22(31)26(37)32-23(16-18-6-10-20(35)11-7-18)27(38)33-24(17-19-8-12-21(36)13-9-19)28(39)34-15-3-5-25(34)29(40)41/h6-13,22-25,35-36H,1-5,14-17,30-31H2,(H,32,37)(H,33,38)(H,40,41). The van der Waals surface area contributed by atoms with Gasteiger partial charge in [-0.15, -0.1) is 0 Å². The number of rotatable bonds is 14. The lowest BCUT2D eigenvalue weighted by atomic mass is 10.0. The number of hydrogen-bond acceptors (Lipinski definition) is 8. The Bertz CT molecular complexity index is 1190. The van der Waals surface area contributed by atoms with Crippen LogP contribution in [-0.2, 0) is 32.0 Å². The van der Waals surface area contributed by atoms with Gasteiger partial charge in [-0.05, 0) is 67.6 Å². The van der Waals surface area contributed by atoms with Gasteiger partial charge in [0.1, 0.15) is 29.6 Å². The third-order valence-electron chi connectivity index (χ3n) is 7.13. The maximum atomic E-state index is 13.7. The Morgan fingerprint density at radius 2 is 1.39 bits per heavy atom. The van der Waals surface area contributed by atoms with Crippen molar-refractivity contribution in [2.45, 2.75) is 69.1 Å². The molecule has 0 radical (unpaired) electrons. The molecule has 3 rings (SSSR count). The summed E-state index contributed by atoms with van der Waals surface area (Å²) in [6.45, 7) is 0.708. The predicted molar refractivity (Wildman–Crippen MR) is 151 cm³/mol. The van der Waals surface area contributed by atoms with E-state index in [1.165, 1.54) is 29.2 Å². The molecule has 12 heteroatoms. The van der Waals surface area contributed by atoms with Crippen LogP contribution < -0.4 is 22.1 Å². The number of nitrogens with one attached hydrogen (secondary N) is 2. The Morgan fingerprint density at radius 1 is 0.854 bits per heavy atom. The van der Waals surface area contributed by atoms with E-state index in [2.05, 4.69) is 10.6 Å². The van der Waals surface area contributed by atoms with Gasteiger partial charge in [-0.2, -0.15) is 0 Å². The van der Waals surface area contributed by atoms with Gasteiger partial charge in [0.2, 0.25) is 17.7 Å². The molecule has 3 amide bonds. The van der Waals surface area contributed by atoms with Crippen molar-refractivity contribution >= 4 is 23.7 Å². The fourth-order valence-corrected chi connectivity index (χ4v) is 4.82. The van der Waals surface area contributed by atoms with E-state index in [1.54, 1.807) is 24.3 Å². The quantitative estimate of drug-likeness (QED) is 0.157. The maximum Gasteiger partial charge on any atom is 0.326 e. The van der Waals surface area contributed by atoms with E-state index in [4.69, 9.17) is 11.5 Å². The minimum Gasteiger partial charge on any atom is -0.508 e. The van der Waals surface area contributed by atoms with Crippen LogP contribution in [0.3, 0.4) is 0 Å². The van der Waals surface area contributed by atoms with E-state index in [9.17, 15) is 34.5 Å². The molecular weight excluding hydrogens is 530 g/mol. The van der Waals surface area contributed by atoms with Gasteiger partial charge in [0.25, 0.3) is 0 Å².